The highest BCUT2D eigenvalue weighted by atomic mass is 35.5. The van der Waals surface area contributed by atoms with Crippen LogP contribution in [0.1, 0.15) is 16.1 Å². The molecule has 0 radical (unpaired) electrons. The van der Waals surface area contributed by atoms with Crippen LogP contribution in [0.2, 0.25) is 5.02 Å². The zero-order chi connectivity index (χ0) is 18.5. The van der Waals surface area contributed by atoms with Crippen molar-refractivity contribution in [2.75, 3.05) is 10.6 Å². The van der Waals surface area contributed by atoms with E-state index in [4.69, 9.17) is 11.6 Å². The Bertz CT molecular complexity index is 944. The maximum absolute atomic E-state index is 13.1. The van der Waals surface area contributed by atoms with Gasteiger partial charge in [-0.1, -0.05) is 17.7 Å². The van der Waals surface area contributed by atoms with Gasteiger partial charge in [-0.05, 0) is 42.5 Å². The van der Waals surface area contributed by atoms with Crippen LogP contribution in [0.15, 0.2) is 53.9 Å². The van der Waals surface area contributed by atoms with Gasteiger partial charge < -0.3 is 5.32 Å². The molecule has 0 spiro atoms. The molecule has 0 saturated heterocycles. The molecule has 0 aliphatic carbocycles. The standard InChI is InChI=1S/C18H13ClFN3O2S/c19-12-6-4-11(5-7-12)17(25)23-18-22-15(10-26-18)9-16(24)21-14-3-1-2-13(20)8-14/h1-8,10H,9H2,(H,21,24)(H,22,23,25). The Morgan fingerprint density at radius 3 is 2.62 bits per heavy atom. The molecule has 0 aliphatic rings. The monoisotopic (exact) mass is 389 g/mol. The molecule has 2 aromatic carbocycles. The molecule has 0 fully saturated rings. The summed E-state index contributed by atoms with van der Waals surface area (Å²) in [6.45, 7) is 0. The van der Waals surface area contributed by atoms with Gasteiger partial charge in [-0.25, -0.2) is 9.37 Å². The maximum Gasteiger partial charge on any atom is 0.257 e. The Kier molecular flexibility index (Phi) is 5.60. The summed E-state index contributed by atoms with van der Waals surface area (Å²) in [5.41, 5.74) is 1.34. The van der Waals surface area contributed by atoms with Crippen molar-refractivity contribution in [3.05, 3.63) is 76.0 Å². The first-order chi connectivity index (χ1) is 12.5. The molecule has 2 N–H and O–H groups in total. The van der Waals surface area contributed by atoms with Gasteiger partial charge in [0.25, 0.3) is 5.91 Å². The van der Waals surface area contributed by atoms with E-state index in [1.165, 1.54) is 29.5 Å². The second-order valence-corrected chi connectivity index (χ2v) is 6.63. The van der Waals surface area contributed by atoms with E-state index in [0.29, 0.717) is 27.1 Å². The number of nitrogens with zero attached hydrogens (tertiary/aromatic N) is 1. The highest BCUT2D eigenvalue weighted by molar-refractivity contribution is 7.14. The molecule has 2 amide bonds. The number of halogens is 2. The number of aromatic nitrogens is 1. The van der Waals surface area contributed by atoms with E-state index in [1.807, 2.05) is 0 Å². The van der Waals surface area contributed by atoms with Crippen LogP contribution >= 0.6 is 22.9 Å². The summed E-state index contributed by atoms with van der Waals surface area (Å²) < 4.78 is 13.1. The van der Waals surface area contributed by atoms with Gasteiger partial charge in [0.15, 0.2) is 5.13 Å². The van der Waals surface area contributed by atoms with E-state index >= 15 is 0 Å². The van der Waals surface area contributed by atoms with Crippen molar-refractivity contribution in [2.45, 2.75) is 6.42 Å². The number of amides is 2. The van der Waals surface area contributed by atoms with Crippen molar-refractivity contribution in [2.24, 2.45) is 0 Å². The van der Waals surface area contributed by atoms with Crippen molar-refractivity contribution < 1.29 is 14.0 Å². The summed E-state index contributed by atoms with van der Waals surface area (Å²) in [7, 11) is 0. The number of anilines is 2. The number of carbonyl (C=O) groups excluding carboxylic acids is 2. The number of thiazole rings is 1. The van der Waals surface area contributed by atoms with Crippen LogP contribution in [0.4, 0.5) is 15.2 Å². The number of hydrogen-bond acceptors (Lipinski definition) is 4. The molecule has 8 heteroatoms. The average Bonchev–Trinajstić information content (AvgIpc) is 3.02. The Morgan fingerprint density at radius 1 is 1.12 bits per heavy atom. The molecule has 3 aromatic rings. The molecule has 0 atom stereocenters. The highest BCUT2D eigenvalue weighted by Crippen LogP contribution is 2.18. The van der Waals surface area contributed by atoms with Crippen LogP contribution in [-0.2, 0) is 11.2 Å². The SMILES string of the molecule is O=C(Cc1csc(NC(=O)c2ccc(Cl)cc2)n1)Nc1cccc(F)c1. The number of benzene rings is 2. The number of carbonyl (C=O) groups is 2. The summed E-state index contributed by atoms with van der Waals surface area (Å²) in [6, 6.07) is 12.1. The summed E-state index contributed by atoms with van der Waals surface area (Å²) in [5, 5.41) is 7.89. The zero-order valence-corrected chi connectivity index (χ0v) is 14.9. The number of nitrogens with one attached hydrogen (secondary N) is 2. The summed E-state index contributed by atoms with van der Waals surface area (Å²) in [4.78, 5) is 28.4. The molecule has 1 heterocycles. The minimum absolute atomic E-state index is 0.0177. The minimum Gasteiger partial charge on any atom is -0.326 e. The lowest BCUT2D eigenvalue weighted by Gasteiger charge is -2.04. The van der Waals surface area contributed by atoms with Crippen LogP contribution < -0.4 is 10.6 Å². The van der Waals surface area contributed by atoms with Crippen molar-refractivity contribution in [3.63, 3.8) is 0 Å². The third-order valence-corrected chi connectivity index (χ3v) is 4.39. The largest absolute Gasteiger partial charge is 0.326 e. The molecule has 1 aromatic heterocycles. The van der Waals surface area contributed by atoms with E-state index < -0.39 is 5.82 Å². The third-order valence-electron chi connectivity index (χ3n) is 3.33. The highest BCUT2D eigenvalue weighted by Gasteiger charge is 2.11. The van der Waals surface area contributed by atoms with Crippen LogP contribution in [0.3, 0.4) is 0 Å². The molecule has 0 aliphatic heterocycles. The normalized spacial score (nSPS) is 10.4. The first-order valence-electron chi connectivity index (χ1n) is 7.56. The summed E-state index contributed by atoms with van der Waals surface area (Å²) >= 11 is 7.01. The fourth-order valence-corrected chi connectivity index (χ4v) is 2.98. The second-order valence-electron chi connectivity index (χ2n) is 5.34. The Morgan fingerprint density at radius 2 is 1.88 bits per heavy atom. The van der Waals surface area contributed by atoms with Gasteiger partial charge in [0.1, 0.15) is 5.82 Å². The molecule has 26 heavy (non-hydrogen) atoms. The number of hydrogen-bond donors (Lipinski definition) is 2. The first kappa shape index (κ1) is 18.0. The van der Waals surface area contributed by atoms with E-state index in [-0.39, 0.29) is 18.2 Å². The van der Waals surface area contributed by atoms with Crippen molar-refractivity contribution >= 4 is 45.6 Å². The van der Waals surface area contributed by atoms with Crippen LogP contribution in [0.5, 0.6) is 0 Å². The summed E-state index contributed by atoms with van der Waals surface area (Å²) in [6.07, 6.45) is 0.0177. The third kappa shape index (κ3) is 4.87. The van der Waals surface area contributed by atoms with Crippen LogP contribution in [0.25, 0.3) is 0 Å². The van der Waals surface area contributed by atoms with Gasteiger partial charge in [0.05, 0.1) is 12.1 Å². The topological polar surface area (TPSA) is 71.1 Å². The number of rotatable bonds is 5. The average molecular weight is 390 g/mol. The zero-order valence-electron chi connectivity index (χ0n) is 13.3. The lowest BCUT2D eigenvalue weighted by Crippen LogP contribution is -2.15. The smallest absolute Gasteiger partial charge is 0.257 e. The molecular formula is C18H13ClFN3O2S. The molecule has 0 bridgehead atoms. The molecule has 0 unspecified atom stereocenters. The van der Waals surface area contributed by atoms with Gasteiger partial charge >= 0.3 is 0 Å². The fraction of sp³-hybridized carbons (Fsp3) is 0.0556. The molecule has 132 valence electrons. The van der Waals surface area contributed by atoms with Gasteiger partial charge in [0, 0.05) is 21.7 Å². The predicted octanol–water partition coefficient (Wildman–Crippen LogP) is 4.37. The molecule has 3 rings (SSSR count). The molecule has 0 saturated carbocycles. The van der Waals surface area contributed by atoms with Gasteiger partial charge in [-0.3, -0.25) is 14.9 Å². The minimum atomic E-state index is -0.427. The summed E-state index contributed by atoms with van der Waals surface area (Å²) in [5.74, 6) is -1.06. The predicted molar refractivity (Wildman–Crippen MR) is 100 cm³/mol. The fourth-order valence-electron chi connectivity index (χ4n) is 2.15. The lowest BCUT2D eigenvalue weighted by atomic mass is 10.2. The quantitative estimate of drug-likeness (QED) is 0.680. The van der Waals surface area contributed by atoms with E-state index in [2.05, 4.69) is 15.6 Å². The van der Waals surface area contributed by atoms with Crippen LogP contribution in [0, 0.1) is 5.82 Å². The van der Waals surface area contributed by atoms with Crippen molar-refractivity contribution in [3.8, 4) is 0 Å². The Labute approximate surface area is 157 Å². The maximum atomic E-state index is 13.1. The molecule has 5 nitrogen and oxygen atoms in total. The second kappa shape index (κ2) is 8.07. The van der Waals surface area contributed by atoms with Gasteiger partial charge in [-0.2, -0.15) is 0 Å². The van der Waals surface area contributed by atoms with Crippen molar-refractivity contribution in [1.29, 1.82) is 0 Å². The van der Waals surface area contributed by atoms with E-state index in [0.717, 1.165) is 0 Å². The van der Waals surface area contributed by atoms with Crippen LogP contribution in [-0.4, -0.2) is 16.8 Å². The van der Waals surface area contributed by atoms with Crippen molar-refractivity contribution in [1.82, 2.24) is 4.98 Å². The van der Waals surface area contributed by atoms with Gasteiger partial charge in [-0.15, -0.1) is 11.3 Å². The molecular weight excluding hydrogens is 377 g/mol. The van der Waals surface area contributed by atoms with Gasteiger partial charge in [0.2, 0.25) is 5.91 Å². The lowest BCUT2D eigenvalue weighted by molar-refractivity contribution is -0.115. The van der Waals surface area contributed by atoms with E-state index in [9.17, 15) is 14.0 Å². The Hall–Kier alpha value is -2.77. The first-order valence-corrected chi connectivity index (χ1v) is 8.82. The Balaban J connectivity index is 1.58. The van der Waals surface area contributed by atoms with E-state index in [1.54, 1.807) is 35.7 Å².